The van der Waals surface area contributed by atoms with Crippen molar-refractivity contribution in [3.05, 3.63) is 48.2 Å². The van der Waals surface area contributed by atoms with Crippen LogP contribution in [0.1, 0.15) is 5.56 Å². The Hall–Kier alpha value is -1.77. The summed E-state index contributed by atoms with van der Waals surface area (Å²) < 4.78 is 47.7. The minimum absolute atomic E-state index is 0.0553. The van der Waals surface area contributed by atoms with E-state index in [2.05, 4.69) is 4.98 Å². The maximum Gasteiger partial charge on any atom is 0.242 e. The molecule has 1 aromatic heterocycles. The van der Waals surface area contributed by atoms with Gasteiger partial charge in [-0.1, -0.05) is 18.2 Å². The Bertz CT molecular complexity index is 885. The van der Waals surface area contributed by atoms with E-state index in [9.17, 15) is 16.8 Å². The van der Waals surface area contributed by atoms with Gasteiger partial charge in [-0.2, -0.15) is 0 Å². The van der Waals surface area contributed by atoms with Crippen LogP contribution in [0, 0.1) is 0 Å². The first-order chi connectivity index (χ1) is 10.6. The quantitative estimate of drug-likeness (QED) is 0.813. The molecule has 0 spiro atoms. The molecule has 0 unspecified atom stereocenters. The molecule has 124 valence electrons. The second kappa shape index (κ2) is 6.38. The lowest BCUT2D eigenvalue weighted by atomic mass is 10.1. The fourth-order valence-corrected chi connectivity index (χ4v) is 3.67. The van der Waals surface area contributed by atoms with Crippen LogP contribution in [0.5, 0.6) is 0 Å². The molecule has 0 bridgehead atoms. The summed E-state index contributed by atoms with van der Waals surface area (Å²) in [7, 11) is -3.60. The Morgan fingerprint density at radius 3 is 2.00 bits per heavy atom. The highest BCUT2D eigenvalue weighted by Gasteiger charge is 2.16. The Balaban J connectivity index is 2.27. The Kier molecular flexibility index (Phi) is 4.88. The molecule has 1 aromatic carbocycles. The van der Waals surface area contributed by atoms with Crippen LogP contribution in [0.15, 0.2) is 47.5 Å². The zero-order chi connectivity index (χ0) is 17.3. The SMILES string of the molecule is CN(C)S(=O)(=O)c1ccc(-c2ccc(CS(C)(=O)=O)cn2)cc1. The van der Waals surface area contributed by atoms with Crippen LogP contribution in [0.2, 0.25) is 0 Å². The molecule has 0 aliphatic heterocycles. The first kappa shape index (κ1) is 17.6. The van der Waals surface area contributed by atoms with Crippen LogP contribution in [0.4, 0.5) is 0 Å². The molecule has 0 aliphatic rings. The van der Waals surface area contributed by atoms with Gasteiger partial charge in [0, 0.05) is 32.1 Å². The molecule has 0 radical (unpaired) electrons. The topological polar surface area (TPSA) is 84.4 Å². The van der Waals surface area contributed by atoms with E-state index in [1.54, 1.807) is 24.3 Å². The average Bonchev–Trinajstić information content (AvgIpc) is 2.46. The van der Waals surface area contributed by atoms with E-state index < -0.39 is 19.9 Å². The smallest absolute Gasteiger partial charge is 0.242 e. The summed E-state index contributed by atoms with van der Waals surface area (Å²) >= 11 is 0. The van der Waals surface area contributed by atoms with Gasteiger partial charge in [0.25, 0.3) is 0 Å². The van der Waals surface area contributed by atoms with E-state index in [0.29, 0.717) is 11.3 Å². The monoisotopic (exact) mass is 354 g/mol. The lowest BCUT2D eigenvalue weighted by molar-refractivity contribution is 0.521. The van der Waals surface area contributed by atoms with Crippen molar-refractivity contribution in [3.8, 4) is 11.3 Å². The summed E-state index contributed by atoms with van der Waals surface area (Å²) in [5.41, 5.74) is 2.02. The third-order valence-corrected chi connectivity index (χ3v) is 5.87. The van der Waals surface area contributed by atoms with Gasteiger partial charge >= 0.3 is 0 Å². The summed E-state index contributed by atoms with van der Waals surface area (Å²) in [5.74, 6) is -0.0553. The van der Waals surface area contributed by atoms with Crippen LogP contribution < -0.4 is 0 Å². The normalized spacial score (nSPS) is 12.5. The molecule has 1 heterocycles. The molecule has 0 saturated carbocycles. The highest BCUT2D eigenvalue weighted by molar-refractivity contribution is 7.90. The molecule has 0 atom stereocenters. The van der Waals surface area contributed by atoms with Gasteiger partial charge in [-0.05, 0) is 23.8 Å². The Morgan fingerprint density at radius 1 is 0.957 bits per heavy atom. The first-order valence-electron chi connectivity index (χ1n) is 6.75. The molecule has 0 fully saturated rings. The lowest BCUT2D eigenvalue weighted by Crippen LogP contribution is -2.22. The third kappa shape index (κ3) is 4.37. The molecule has 8 heteroatoms. The fourth-order valence-electron chi connectivity index (χ4n) is 1.99. The number of hydrogen-bond acceptors (Lipinski definition) is 5. The third-order valence-electron chi connectivity index (χ3n) is 3.18. The minimum atomic E-state index is -3.46. The van der Waals surface area contributed by atoms with E-state index in [1.165, 1.54) is 38.7 Å². The number of sulfonamides is 1. The van der Waals surface area contributed by atoms with Gasteiger partial charge in [-0.25, -0.2) is 21.1 Å². The van der Waals surface area contributed by atoms with E-state index in [4.69, 9.17) is 0 Å². The van der Waals surface area contributed by atoms with Crippen molar-refractivity contribution in [3.63, 3.8) is 0 Å². The standard InChI is InChI=1S/C15H18N2O4S2/c1-17(2)23(20,21)14-7-5-13(6-8-14)15-9-4-12(10-16-15)11-22(3,18)19/h4-10H,11H2,1-3H3. The van der Waals surface area contributed by atoms with E-state index in [-0.39, 0.29) is 10.6 Å². The van der Waals surface area contributed by atoms with Gasteiger partial charge in [0.05, 0.1) is 16.3 Å². The second-order valence-electron chi connectivity index (χ2n) is 5.43. The van der Waals surface area contributed by atoms with Crippen LogP contribution in [0.3, 0.4) is 0 Å². The van der Waals surface area contributed by atoms with Gasteiger partial charge in [0.2, 0.25) is 10.0 Å². The second-order valence-corrected chi connectivity index (χ2v) is 9.73. The van der Waals surface area contributed by atoms with E-state index >= 15 is 0 Å². The zero-order valence-corrected chi connectivity index (χ0v) is 14.7. The van der Waals surface area contributed by atoms with E-state index in [1.807, 2.05) is 0 Å². The summed E-state index contributed by atoms with van der Waals surface area (Å²) in [5, 5.41) is 0. The van der Waals surface area contributed by atoms with Gasteiger partial charge in [-0.15, -0.1) is 0 Å². The number of sulfone groups is 1. The Labute approximate surface area is 136 Å². The fraction of sp³-hybridized carbons (Fsp3) is 0.267. The molecule has 0 N–H and O–H groups in total. The number of nitrogens with zero attached hydrogens (tertiary/aromatic N) is 2. The van der Waals surface area contributed by atoms with Crippen molar-refractivity contribution in [2.45, 2.75) is 10.6 Å². The van der Waals surface area contributed by atoms with Gasteiger partial charge in [0.1, 0.15) is 0 Å². The van der Waals surface area contributed by atoms with Crippen LogP contribution in [0.25, 0.3) is 11.3 Å². The first-order valence-corrected chi connectivity index (χ1v) is 10.3. The van der Waals surface area contributed by atoms with Gasteiger partial charge in [0.15, 0.2) is 9.84 Å². The van der Waals surface area contributed by atoms with Gasteiger partial charge in [-0.3, -0.25) is 4.98 Å². The summed E-state index contributed by atoms with van der Waals surface area (Å²) in [6.07, 6.45) is 2.69. The lowest BCUT2D eigenvalue weighted by Gasteiger charge is -2.11. The number of aromatic nitrogens is 1. The van der Waals surface area contributed by atoms with E-state index in [0.717, 1.165) is 9.87 Å². The molecule has 0 saturated heterocycles. The van der Waals surface area contributed by atoms with Crippen molar-refractivity contribution in [2.75, 3.05) is 20.4 Å². The summed E-state index contributed by atoms with van der Waals surface area (Å²) in [6, 6.07) is 9.82. The van der Waals surface area contributed by atoms with Crippen molar-refractivity contribution in [2.24, 2.45) is 0 Å². The average molecular weight is 354 g/mol. The van der Waals surface area contributed by atoms with Crippen LogP contribution >= 0.6 is 0 Å². The largest absolute Gasteiger partial charge is 0.256 e. The van der Waals surface area contributed by atoms with Crippen molar-refractivity contribution < 1.29 is 16.8 Å². The molecule has 0 aliphatic carbocycles. The minimum Gasteiger partial charge on any atom is -0.256 e. The number of pyridine rings is 1. The summed E-state index contributed by atoms with van der Waals surface area (Å²) in [4.78, 5) is 4.44. The van der Waals surface area contributed by atoms with Crippen LogP contribution in [-0.2, 0) is 25.6 Å². The molecule has 0 amide bonds. The molecule has 2 aromatic rings. The predicted octanol–water partition coefficient (Wildman–Crippen LogP) is 1.54. The highest BCUT2D eigenvalue weighted by Crippen LogP contribution is 2.21. The van der Waals surface area contributed by atoms with Gasteiger partial charge < -0.3 is 0 Å². The molecule has 2 rings (SSSR count). The molecule has 23 heavy (non-hydrogen) atoms. The number of benzene rings is 1. The summed E-state index contributed by atoms with van der Waals surface area (Å²) in [6.45, 7) is 0. The van der Waals surface area contributed by atoms with Crippen molar-refractivity contribution in [1.29, 1.82) is 0 Å². The van der Waals surface area contributed by atoms with Crippen LogP contribution in [-0.4, -0.2) is 46.5 Å². The zero-order valence-electron chi connectivity index (χ0n) is 13.1. The molecule has 6 nitrogen and oxygen atoms in total. The highest BCUT2D eigenvalue weighted by atomic mass is 32.2. The maximum atomic E-state index is 12.0. The molecular weight excluding hydrogens is 336 g/mol. The number of hydrogen-bond donors (Lipinski definition) is 0. The Morgan fingerprint density at radius 2 is 1.57 bits per heavy atom. The maximum absolute atomic E-state index is 12.0. The number of rotatable bonds is 5. The molecular formula is C15H18N2O4S2. The predicted molar refractivity (Wildman–Crippen MR) is 89.1 cm³/mol. The van der Waals surface area contributed by atoms with Crippen molar-refractivity contribution in [1.82, 2.24) is 9.29 Å². The van der Waals surface area contributed by atoms with Crippen molar-refractivity contribution >= 4 is 19.9 Å².